The second-order valence-corrected chi connectivity index (χ2v) is 7.97. The van der Waals surface area contributed by atoms with Gasteiger partial charge in [-0.2, -0.15) is 4.74 Å². The number of benzene rings is 2. The van der Waals surface area contributed by atoms with Crippen molar-refractivity contribution in [3.05, 3.63) is 97.5 Å². The Balaban J connectivity index is 2.00. The standard InChI is InChI=1S/C26H27N3O7/c1-5-35-25(30)22-16(3)27-17(4)23(26(31)36-6-2)24(22)19-9-13-20(14-10-19)28(32)15-18-7-11-21(12-8-18)29(33)34/h7-15,24,27H,5-6H2,1-4H3/b28-15-. The van der Waals surface area contributed by atoms with Crippen LogP contribution in [0, 0.1) is 15.3 Å². The summed E-state index contributed by atoms with van der Waals surface area (Å²) in [4.78, 5) is 36.0. The number of carbonyl (C=O) groups excluding carboxylic acids is 2. The molecule has 10 heteroatoms. The van der Waals surface area contributed by atoms with Crippen LogP contribution in [-0.2, 0) is 19.1 Å². The summed E-state index contributed by atoms with van der Waals surface area (Å²) in [6, 6.07) is 12.1. The van der Waals surface area contributed by atoms with Gasteiger partial charge in [-0.05, 0) is 45.4 Å². The van der Waals surface area contributed by atoms with Gasteiger partial charge in [0.2, 0.25) is 5.69 Å². The van der Waals surface area contributed by atoms with Gasteiger partial charge in [-0.1, -0.05) is 12.1 Å². The monoisotopic (exact) mass is 493 g/mol. The summed E-state index contributed by atoms with van der Waals surface area (Å²) in [5.74, 6) is -1.86. The Labute approximate surface area is 208 Å². The summed E-state index contributed by atoms with van der Waals surface area (Å²) in [6.45, 7) is 7.21. The fourth-order valence-electron chi connectivity index (χ4n) is 3.99. The van der Waals surface area contributed by atoms with Crippen LogP contribution in [0.15, 0.2) is 71.1 Å². The molecule has 0 saturated heterocycles. The molecule has 36 heavy (non-hydrogen) atoms. The molecule has 3 rings (SSSR count). The van der Waals surface area contributed by atoms with E-state index in [9.17, 15) is 24.9 Å². The van der Waals surface area contributed by atoms with E-state index >= 15 is 0 Å². The third-order valence-corrected chi connectivity index (χ3v) is 5.60. The van der Waals surface area contributed by atoms with E-state index in [2.05, 4.69) is 5.32 Å². The topological polar surface area (TPSA) is 134 Å². The molecule has 0 bridgehead atoms. The van der Waals surface area contributed by atoms with Crippen molar-refractivity contribution in [2.75, 3.05) is 13.2 Å². The number of hydrogen-bond acceptors (Lipinski definition) is 8. The van der Waals surface area contributed by atoms with Crippen LogP contribution in [0.4, 0.5) is 11.4 Å². The predicted molar refractivity (Wildman–Crippen MR) is 133 cm³/mol. The number of non-ortho nitro benzene ring substituents is 1. The first kappa shape index (κ1) is 26.1. The first-order valence-electron chi connectivity index (χ1n) is 11.4. The highest BCUT2D eigenvalue weighted by Gasteiger charge is 2.38. The minimum absolute atomic E-state index is 0.0718. The third kappa shape index (κ3) is 5.60. The summed E-state index contributed by atoms with van der Waals surface area (Å²) in [5.41, 5.74) is 3.01. The quantitative estimate of drug-likeness (QED) is 0.144. The molecule has 0 aromatic heterocycles. The summed E-state index contributed by atoms with van der Waals surface area (Å²) in [7, 11) is 0. The first-order valence-corrected chi connectivity index (χ1v) is 11.4. The zero-order chi connectivity index (χ0) is 26.4. The highest BCUT2D eigenvalue weighted by molar-refractivity contribution is 5.99. The molecule has 0 aliphatic carbocycles. The molecule has 1 aliphatic heterocycles. The van der Waals surface area contributed by atoms with Crippen LogP contribution < -0.4 is 5.32 Å². The van der Waals surface area contributed by atoms with Crippen LogP contribution in [0.25, 0.3) is 0 Å². The van der Waals surface area contributed by atoms with Crippen molar-refractivity contribution in [2.45, 2.75) is 33.6 Å². The van der Waals surface area contributed by atoms with Crippen LogP contribution in [0.2, 0.25) is 0 Å². The van der Waals surface area contributed by atoms with Gasteiger partial charge >= 0.3 is 11.9 Å². The number of allylic oxidation sites excluding steroid dienone is 2. The van der Waals surface area contributed by atoms with Crippen molar-refractivity contribution >= 4 is 29.5 Å². The Morgan fingerprint density at radius 3 is 1.78 bits per heavy atom. The highest BCUT2D eigenvalue weighted by Crippen LogP contribution is 2.39. The Bertz CT molecular complexity index is 1220. The smallest absolute Gasteiger partial charge is 0.336 e. The Kier molecular flexibility index (Phi) is 8.21. The van der Waals surface area contributed by atoms with Gasteiger partial charge in [-0.3, -0.25) is 10.1 Å². The number of dihydropyridines is 1. The van der Waals surface area contributed by atoms with E-state index in [0.29, 0.717) is 32.9 Å². The van der Waals surface area contributed by atoms with Crippen LogP contribution in [0.1, 0.15) is 44.7 Å². The van der Waals surface area contributed by atoms with Gasteiger partial charge in [0.1, 0.15) is 0 Å². The summed E-state index contributed by atoms with van der Waals surface area (Å²) in [5, 5.41) is 26.6. The van der Waals surface area contributed by atoms with Gasteiger partial charge in [0.05, 0.1) is 35.2 Å². The number of nitro groups is 1. The van der Waals surface area contributed by atoms with Crippen LogP contribution in [-0.4, -0.2) is 41.0 Å². The van der Waals surface area contributed by atoms with E-state index in [-0.39, 0.29) is 30.0 Å². The molecule has 0 fully saturated rings. The molecule has 0 radical (unpaired) electrons. The zero-order valence-corrected chi connectivity index (χ0v) is 20.4. The molecule has 2 aromatic rings. The molecular formula is C26H27N3O7. The number of nitrogens with zero attached hydrogens (tertiary/aromatic N) is 2. The van der Waals surface area contributed by atoms with Crippen molar-refractivity contribution in [3.63, 3.8) is 0 Å². The van der Waals surface area contributed by atoms with Gasteiger partial charge in [0.15, 0.2) is 6.21 Å². The van der Waals surface area contributed by atoms with E-state index < -0.39 is 22.8 Å². The van der Waals surface area contributed by atoms with Crippen LogP contribution in [0.3, 0.4) is 0 Å². The minimum Gasteiger partial charge on any atom is -0.618 e. The molecule has 1 aliphatic rings. The lowest BCUT2D eigenvalue weighted by Crippen LogP contribution is -2.32. The van der Waals surface area contributed by atoms with Gasteiger partial charge in [-0.15, -0.1) is 0 Å². The van der Waals surface area contributed by atoms with Gasteiger partial charge < -0.3 is 20.0 Å². The first-order chi connectivity index (χ1) is 17.2. The van der Waals surface area contributed by atoms with Crippen molar-refractivity contribution in [1.29, 1.82) is 0 Å². The lowest BCUT2D eigenvalue weighted by atomic mass is 9.80. The molecule has 188 valence electrons. The molecule has 0 atom stereocenters. The minimum atomic E-state index is -0.753. The van der Waals surface area contributed by atoms with E-state index in [1.54, 1.807) is 52.0 Å². The van der Waals surface area contributed by atoms with E-state index in [1.165, 1.54) is 30.5 Å². The van der Waals surface area contributed by atoms with Gasteiger partial charge in [0.25, 0.3) is 5.69 Å². The fourth-order valence-corrected chi connectivity index (χ4v) is 3.99. The average molecular weight is 494 g/mol. The third-order valence-electron chi connectivity index (χ3n) is 5.60. The summed E-state index contributed by atoms with van der Waals surface area (Å²) >= 11 is 0. The molecule has 0 unspecified atom stereocenters. The van der Waals surface area contributed by atoms with E-state index in [0.717, 1.165) is 0 Å². The Morgan fingerprint density at radius 1 is 0.861 bits per heavy atom. The second kappa shape index (κ2) is 11.3. The lowest BCUT2D eigenvalue weighted by Gasteiger charge is -2.30. The molecule has 2 aromatic carbocycles. The molecule has 0 saturated carbocycles. The number of hydrogen-bond donors (Lipinski definition) is 1. The van der Waals surface area contributed by atoms with Crippen molar-refractivity contribution in [2.24, 2.45) is 0 Å². The van der Waals surface area contributed by atoms with Gasteiger partial charge in [0, 0.05) is 41.2 Å². The van der Waals surface area contributed by atoms with E-state index in [4.69, 9.17) is 9.47 Å². The average Bonchev–Trinajstić information content (AvgIpc) is 2.84. The summed E-state index contributed by atoms with van der Waals surface area (Å²) < 4.78 is 11.2. The number of carbonyl (C=O) groups is 2. The normalized spacial score (nSPS) is 14.4. The number of rotatable bonds is 8. The van der Waals surface area contributed by atoms with E-state index in [1.807, 2.05) is 0 Å². The van der Waals surface area contributed by atoms with Crippen molar-refractivity contribution in [1.82, 2.24) is 5.32 Å². The maximum Gasteiger partial charge on any atom is 0.336 e. The second-order valence-electron chi connectivity index (χ2n) is 7.97. The summed E-state index contributed by atoms with van der Waals surface area (Å²) in [6.07, 6.45) is 1.30. The molecule has 0 amide bonds. The molecular weight excluding hydrogens is 466 g/mol. The number of nitrogens with one attached hydrogen (secondary N) is 1. The molecule has 0 spiro atoms. The van der Waals surface area contributed by atoms with Crippen LogP contribution in [0.5, 0.6) is 0 Å². The lowest BCUT2D eigenvalue weighted by molar-refractivity contribution is -0.384. The van der Waals surface area contributed by atoms with Crippen LogP contribution >= 0.6 is 0 Å². The maximum absolute atomic E-state index is 12.9. The van der Waals surface area contributed by atoms with Crippen molar-refractivity contribution in [3.8, 4) is 0 Å². The zero-order valence-electron chi connectivity index (χ0n) is 20.4. The number of nitro benzene ring substituents is 1. The number of esters is 2. The fraction of sp³-hybridized carbons (Fsp3) is 0.269. The Hall–Kier alpha value is -4.47. The maximum atomic E-state index is 12.9. The highest BCUT2D eigenvalue weighted by atomic mass is 16.6. The Morgan fingerprint density at radius 2 is 1.33 bits per heavy atom. The molecule has 1 N–H and O–H groups in total. The van der Waals surface area contributed by atoms with Gasteiger partial charge in [-0.25, -0.2) is 9.59 Å². The molecule has 10 nitrogen and oxygen atoms in total. The molecule has 1 heterocycles. The largest absolute Gasteiger partial charge is 0.618 e. The number of ether oxygens (including phenoxy) is 2. The van der Waals surface area contributed by atoms with Crippen molar-refractivity contribution < 1.29 is 28.7 Å². The SMILES string of the molecule is CCOC(=O)C1=C(C)NC(C)=C(C(=O)OCC)C1c1ccc(/[N+]([O-])=C/c2ccc([N+](=O)[O-])cc2)cc1. The predicted octanol–water partition coefficient (Wildman–Crippen LogP) is 4.22.